The van der Waals surface area contributed by atoms with Crippen molar-refractivity contribution in [3.05, 3.63) is 71.3 Å². The second-order valence-electron chi connectivity index (χ2n) is 6.80. The fourth-order valence-electron chi connectivity index (χ4n) is 3.38. The van der Waals surface area contributed by atoms with Crippen LogP contribution in [0.2, 0.25) is 5.02 Å². The summed E-state index contributed by atoms with van der Waals surface area (Å²) in [4.78, 5) is 6.65. The van der Waals surface area contributed by atoms with E-state index in [1.54, 1.807) is 6.33 Å². The third-order valence-electron chi connectivity index (χ3n) is 4.74. The maximum absolute atomic E-state index is 13.1. The van der Waals surface area contributed by atoms with E-state index in [1.165, 1.54) is 12.1 Å². The van der Waals surface area contributed by atoms with Crippen LogP contribution in [0, 0.1) is 5.82 Å². The summed E-state index contributed by atoms with van der Waals surface area (Å²) in [7, 11) is 0. The van der Waals surface area contributed by atoms with Crippen molar-refractivity contribution in [2.75, 3.05) is 23.3 Å². The molecule has 140 valence electrons. The zero-order chi connectivity index (χ0) is 18.6. The smallest absolute Gasteiger partial charge is 0.242 e. The van der Waals surface area contributed by atoms with Crippen LogP contribution in [0.5, 0.6) is 0 Å². The minimum Gasteiger partial charge on any atom is -0.369 e. The lowest BCUT2D eigenvalue weighted by Gasteiger charge is -2.34. The highest BCUT2D eigenvalue weighted by Crippen LogP contribution is 2.21. The second kappa shape index (κ2) is 7.96. The van der Waals surface area contributed by atoms with E-state index in [0.29, 0.717) is 12.5 Å². The highest BCUT2D eigenvalue weighted by molar-refractivity contribution is 6.30. The van der Waals surface area contributed by atoms with Crippen molar-refractivity contribution in [3.63, 3.8) is 0 Å². The van der Waals surface area contributed by atoms with Gasteiger partial charge in [0.05, 0.1) is 6.54 Å². The van der Waals surface area contributed by atoms with E-state index in [0.717, 1.165) is 42.2 Å². The van der Waals surface area contributed by atoms with Gasteiger partial charge in [-0.2, -0.15) is 0 Å². The van der Waals surface area contributed by atoms with Crippen molar-refractivity contribution >= 4 is 23.2 Å². The first kappa shape index (κ1) is 17.8. The molecule has 1 aliphatic heterocycles. The Balaban J connectivity index is 1.36. The summed E-state index contributed by atoms with van der Waals surface area (Å²) in [6.45, 7) is 2.47. The minimum atomic E-state index is -0.208. The Labute approximate surface area is 162 Å². The highest BCUT2D eigenvalue weighted by Gasteiger charge is 2.21. The van der Waals surface area contributed by atoms with Crippen molar-refractivity contribution in [3.8, 4) is 0 Å². The van der Waals surface area contributed by atoms with E-state index in [9.17, 15) is 4.39 Å². The number of nitrogens with zero attached hydrogens (tertiary/aromatic N) is 4. The standard InChI is InChI=1S/C20H21ClFN5/c21-16-5-3-15(4-6-16)12-27-14-23-20(25-27)24-18-2-1-11-26(13-18)19-9-7-17(22)8-10-19/h3-10,14,18H,1-2,11-13H2,(H,24,25)/t18-/m1/s1. The predicted octanol–water partition coefficient (Wildman–Crippen LogP) is 4.20. The van der Waals surface area contributed by atoms with E-state index in [1.807, 2.05) is 41.1 Å². The van der Waals surface area contributed by atoms with Gasteiger partial charge in [-0.05, 0) is 54.8 Å². The number of rotatable bonds is 5. The molecule has 0 aliphatic carbocycles. The molecule has 5 nitrogen and oxygen atoms in total. The van der Waals surface area contributed by atoms with E-state index >= 15 is 0 Å². The fourth-order valence-corrected chi connectivity index (χ4v) is 3.50. The van der Waals surface area contributed by atoms with Crippen LogP contribution in [0.4, 0.5) is 16.0 Å². The van der Waals surface area contributed by atoms with Crippen LogP contribution in [0.1, 0.15) is 18.4 Å². The quantitative estimate of drug-likeness (QED) is 0.715. The molecule has 2 heterocycles. The lowest BCUT2D eigenvalue weighted by Crippen LogP contribution is -2.42. The minimum absolute atomic E-state index is 0.208. The molecule has 1 aromatic heterocycles. The molecule has 1 N–H and O–H groups in total. The van der Waals surface area contributed by atoms with Crippen LogP contribution < -0.4 is 10.2 Å². The first-order valence-electron chi connectivity index (χ1n) is 9.07. The zero-order valence-corrected chi connectivity index (χ0v) is 15.6. The number of benzene rings is 2. The Hall–Kier alpha value is -2.60. The van der Waals surface area contributed by atoms with Gasteiger partial charge in [0.15, 0.2) is 0 Å². The van der Waals surface area contributed by atoms with E-state index in [4.69, 9.17) is 11.6 Å². The maximum Gasteiger partial charge on any atom is 0.242 e. The molecular weight excluding hydrogens is 365 g/mol. The van der Waals surface area contributed by atoms with Gasteiger partial charge in [0, 0.05) is 29.8 Å². The van der Waals surface area contributed by atoms with Crippen molar-refractivity contribution in [2.24, 2.45) is 0 Å². The van der Waals surface area contributed by atoms with Crippen molar-refractivity contribution in [1.29, 1.82) is 0 Å². The van der Waals surface area contributed by atoms with E-state index < -0.39 is 0 Å². The molecule has 4 rings (SSSR count). The molecule has 7 heteroatoms. The Kier molecular flexibility index (Phi) is 5.25. The lowest BCUT2D eigenvalue weighted by atomic mass is 10.1. The van der Waals surface area contributed by atoms with Gasteiger partial charge in [-0.1, -0.05) is 23.7 Å². The SMILES string of the molecule is Fc1ccc(N2CCC[C@@H](Nc3ncn(Cc4ccc(Cl)cc4)n3)C2)cc1. The third-order valence-corrected chi connectivity index (χ3v) is 4.99. The summed E-state index contributed by atoms with van der Waals surface area (Å²) in [5.74, 6) is 0.427. The summed E-state index contributed by atoms with van der Waals surface area (Å²) in [5.41, 5.74) is 2.17. The number of nitrogens with one attached hydrogen (secondary N) is 1. The molecule has 2 aromatic carbocycles. The Morgan fingerprint density at radius 1 is 1.11 bits per heavy atom. The van der Waals surface area contributed by atoms with Gasteiger partial charge in [-0.15, -0.1) is 5.10 Å². The molecule has 0 saturated carbocycles. The number of piperidine rings is 1. The van der Waals surface area contributed by atoms with Crippen LogP contribution >= 0.6 is 11.6 Å². The van der Waals surface area contributed by atoms with Gasteiger partial charge in [0.2, 0.25) is 5.95 Å². The molecule has 0 bridgehead atoms. The zero-order valence-electron chi connectivity index (χ0n) is 14.9. The van der Waals surface area contributed by atoms with Crippen LogP contribution in [-0.2, 0) is 6.54 Å². The topological polar surface area (TPSA) is 46.0 Å². The number of aromatic nitrogens is 3. The van der Waals surface area contributed by atoms with E-state index in [-0.39, 0.29) is 11.9 Å². The van der Waals surface area contributed by atoms with Gasteiger partial charge >= 0.3 is 0 Å². The third kappa shape index (κ3) is 4.57. The average molecular weight is 386 g/mol. The van der Waals surface area contributed by atoms with Crippen LogP contribution in [0.15, 0.2) is 54.9 Å². The highest BCUT2D eigenvalue weighted by atomic mass is 35.5. The van der Waals surface area contributed by atoms with Crippen molar-refractivity contribution < 1.29 is 4.39 Å². The average Bonchev–Trinajstić information content (AvgIpc) is 3.11. The number of anilines is 2. The first-order chi connectivity index (χ1) is 13.2. The Morgan fingerprint density at radius 3 is 2.67 bits per heavy atom. The molecule has 1 aliphatic rings. The summed E-state index contributed by atoms with van der Waals surface area (Å²) in [5, 5.41) is 8.68. The van der Waals surface area contributed by atoms with Gasteiger partial charge < -0.3 is 10.2 Å². The molecule has 27 heavy (non-hydrogen) atoms. The molecule has 1 atom stereocenters. The molecular formula is C20H21ClFN5. The van der Waals surface area contributed by atoms with Crippen molar-refractivity contribution in [1.82, 2.24) is 14.8 Å². The van der Waals surface area contributed by atoms with Gasteiger partial charge in [-0.25, -0.2) is 14.1 Å². The summed E-state index contributed by atoms with van der Waals surface area (Å²) in [6.07, 6.45) is 3.86. The first-order valence-corrected chi connectivity index (χ1v) is 9.44. The normalized spacial score (nSPS) is 17.1. The lowest BCUT2D eigenvalue weighted by molar-refractivity contribution is 0.526. The molecule has 3 aromatic rings. The number of hydrogen-bond donors (Lipinski definition) is 1. The van der Waals surface area contributed by atoms with Gasteiger partial charge in [0.25, 0.3) is 0 Å². The van der Waals surface area contributed by atoms with Crippen LogP contribution in [0.3, 0.4) is 0 Å². The second-order valence-corrected chi connectivity index (χ2v) is 7.23. The predicted molar refractivity (Wildman–Crippen MR) is 106 cm³/mol. The fraction of sp³-hybridized carbons (Fsp3) is 0.300. The van der Waals surface area contributed by atoms with Crippen LogP contribution in [0.25, 0.3) is 0 Å². The molecule has 1 fully saturated rings. The largest absolute Gasteiger partial charge is 0.369 e. The van der Waals surface area contributed by atoms with Gasteiger partial charge in [0.1, 0.15) is 12.1 Å². The summed E-state index contributed by atoms with van der Waals surface area (Å²) < 4.78 is 15.0. The Morgan fingerprint density at radius 2 is 1.89 bits per heavy atom. The molecule has 0 unspecified atom stereocenters. The molecule has 0 spiro atoms. The van der Waals surface area contributed by atoms with Crippen molar-refractivity contribution in [2.45, 2.75) is 25.4 Å². The number of halogens is 2. The summed E-state index contributed by atoms with van der Waals surface area (Å²) >= 11 is 5.92. The monoisotopic (exact) mass is 385 g/mol. The maximum atomic E-state index is 13.1. The molecule has 0 amide bonds. The van der Waals surface area contributed by atoms with E-state index in [2.05, 4.69) is 20.3 Å². The molecule has 1 saturated heterocycles. The Bertz CT molecular complexity index is 878. The van der Waals surface area contributed by atoms with Gasteiger partial charge in [-0.3, -0.25) is 0 Å². The molecule has 0 radical (unpaired) electrons. The number of hydrogen-bond acceptors (Lipinski definition) is 4. The summed E-state index contributed by atoms with van der Waals surface area (Å²) in [6, 6.07) is 14.7. The van der Waals surface area contributed by atoms with Crippen LogP contribution in [-0.4, -0.2) is 33.9 Å².